The molecule has 2 N–H and O–H groups in total. The van der Waals surface area contributed by atoms with Gasteiger partial charge in [-0.25, -0.2) is 4.98 Å². The van der Waals surface area contributed by atoms with Crippen LogP contribution in [0.15, 0.2) is 47.8 Å². The minimum Gasteiger partial charge on any atom is -0.383 e. The highest BCUT2D eigenvalue weighted by molar-refractivity contribution is 7.09. The van der Waals surface area contributed by atoms with E-state index in [1.54, 1.807) is 4.90 Å². The van der Waals surface area contributed by atoms with Crippen molar-refractivity contribution in [3.8, 4) is 0 Å². The number of carbonyl (C=O) groups excluding carboxylic acids is 2. The number of hydrogen-bond acceptors (Lipinski definition) is 5. The molecule has 1 saturated heterocycles. The number of carbonyl (C=O) groups is 2. The molecule has 2 heterocycles. The van der Waals surface area contributed by atoms with Crippen LogP contribution in [0.4, 0.5) is 0 Å². The maximum absolute atomic E-state index is 12.9. The molecule has 0 saturated carbocycles. The molecule has 1 aliphatic rings. The summed E-state index contributed by atoms with van der Waals surface area (Å²) in [6, 6.07) is 14.3. The molecule has 0 aliphatic carbocycles. The average molecular weight is 492 g/mol. The second-order valence-electron chi connectivity index (χ2n) is 9.38. The number of benzene rings is 2. The predicted molar refractivity (Wildman–Crippen MR) is 138 cm³/mol. The Morgan fingerprint density at radius 1 is 1.17 bits per heavy atom. The molecule has 3 aromatic rings. The third-order valence-corrected chi connectivity index (χ3v) is 7.56. The highest BCUT2D eigenvalue weighted by Crippen LogP contribution is 2.33. The smallest absolute Gasteiger partial charge is 0.252 e. The minimum atomic E-state index is -1.35. The van der Waals surface area contributed by atoms with Crippen LogP contribution in [0.25, 0.3) is 0 Å². The fraction of sp³-hybridized carbons (Fsp3) is 0.393. The molecular weight excluding hydrogens is 458 g/mol. The second kappa shape index (κ2) is 11.1. The molecule has 184 valence electrons. The van der Waals surface area contributed by atoms with Gasteiger partial charge < -0.3 is 15.3 Å². The summed E-state index contributed by atoms with van der Waals surface area (Å²) in [4.78, 5) is 31.8. The van der Waals surface area contributed by atoms with E-state index in [0.717, 1.165) is 41.1 Å². The Morgan fingerprint density at radius 3 is 2.66 bits per heavy atom. The van der Waals surface area contributed by atoms with E-state index in [0.29, 0.717) is 6.54 Å². The number of nitrogens with one attached hydrogen (secondary N) is 1. The summed E-state index contributed by atoms with van der Waals surface area (Å²) in [7, 11) is 0. The Labute approximate surface area is 211 Å². The summed E-state index contributed by atoms with van der Waals surface area (Å²) in [5, 5.41) is 16.1. The first-order chi connectivity index (χ1) is 16.8. The van der Waals surface area contributed by atoms with Crippen LogP contribution in [0.3, 0.4) is 0 Å². The van der Waals surface area contributed by atoms with Gasteiger partial charge in [0.2, 0.25) is 5.91 Å². The number of likely N-dealkylation sites (tertiary alicyclic amines) is 1. The fourth-order valence-corrected chi connectivity index (χ4v) is 5.51. The van der Waals surface area contributed by atoms with Gasteiger partial charge in [0.25, 0.3) is 5.91 Å². The van der Waals surface area contributed by atoms with Gasteiger partial charge >= 0.3 is 0 Å². The number of aliphatic hydroxyl groups is 1. The normalized spacial score (nSPS) is 16.3. The number of nitrogens with zero attached hydrogens (tertiary/aromatic N) is 2. The standard InChI is InChI=1S/C28H33N3O3S/c1-18-7-4-10-21(13-18)24-11-6-12-31(24)28(34)25(32)15-26(33)29-16-27-30-22(17-35-27)14-23-19(2)8-5-9-20(23)3/h4-5,7-10,13,17,24-25,32H,6,11-12,14-16H2,1-3H3,(H,29,33)/t24?,25-/m1/s1. The molecule has 7 heteroatoms. The van der Waals surface area contributed by atoms with Gasteiger partial charge in [-0.05, 0) is 55.9 Å². The monoisotopic (exact) mass is 491 g/mol. The molecule has 4 rings (SSSR count). The quantitative estimate of drug-likeness (QED) is 0.490. The van der Waals surface area contributed by atoms with Crippen LogP contribution in [-0.4, -0.2) is 39.5 Å². The van der Waals surface area contributed by atoms with Gasteiger partial charge in [-0.15, -0.1) is 11.3 Å². The average Bonchev–Trinajstić information content (AvgIpc) is 3.49. The van der Waals surface area contributed by atoms with Gasteiger partial charge in [0, 0.05) is 18.3 Å². The summed E-state index contributed by atoms with van der Waals surface area (Å²) >= 11 is 1.50. The first-order valence-electron chi connectivity index (χ1n) is 12.1. The Bertz CT molecular complexity index is 1190. The number of amides is 2. The van der Waals surface area contributed by atoms with Crippen LogP contribution in [0.1, 0.15) is 63.8 Å². The van der Waals surface area contributed by atoms with E-state index in [4.69, 9.17) is 0 Å². The fourth-order valence-electron chi connectivity index (χ4n) is 4.78. The summed E-state index contributed by atoms with van der Waals surface area (Å²) in [6.07, 6.45) is 0.904. The van der Waals surface area contributed by atoms with Crippen molar-refractivity contribution < 1.29 is 14.7 Å². The summed E-state index contributed by atoms with van der Waals surface area (Å²) in [6.45, 7) is 7.12. The van der Waals surface area contributed by atoms with E-state index in [9.17, 15) is 14.7 Å². The minimum absolute atomic E-state index is 0.0502. The number of aliphatic hydroxyl groups excluding tert-OH is 1. The molecule has 0 spiro atoms. The van der Waals surface area contributed by atoms with Crippen LogP contribution in [0.5, 0.6) is 0 Å². The molecule has 0 radical (unpaired) electrons. The zero-order valence-electron chi connectivity index (χ0n) is 20.6. The van der Waals surface area contributed by atoms with Gasteiger partial charge in [0.15, 0.2) is 0 Å². The zero-order chi connectivity index (χ0) is 24.9. The molecule has 35 heavy (non-hydrogen) atoms. The topological polar surface area (TPSA) is 82.5 Å². The number of aryl methyl sites for hydroxylation is 3. The lowest BCUT2D eigenvalue weighted by molar-refractivity contribution is -0.144. The number of rotatable bonds is 8. The second-order valence-corrected chi connectivity index (χ2v) is 10.3. The molecular formula is C28H33N3O3S. The molecule has 0 bridgehead atoms. The van der Waals surface area contributed by atoms with Crippen LogP contribution in [0.2, 0.25) is 0 Å². The van der Waals surface area contributed by atoms with Crippen molar-refractivity contribution >= 4 is 23.2 Å². The highest BCUT2D eigenvalue weighted by atomic mass is 32.1. The third kappa shape index (κ3) is 6.16. The molecule has 1 fully saturated rings. The van der Waals surface area contributed by atoms with Crippen molar-refractivity contribution in [1.82, 2.24) is 15.2 Å². The lowest BCUT2D eigenvalue weighted by Crippen LogP contribution is -2.41. The molecule has 2 aromatic carbocycles. The Balaban J connectivity index is 1.29. The van der Waals surface area contributed by atoms with Crippen molar-refractivity contribution in [2.45, 2.75) is 65.1 Å². The van der Waals surface area contributed by atoms with E-state index >= 15 is 0 Å². The maximum atomic E-state index is 12.9. The number of thiazole rings is 1. The third-order valence-electron chi connectivity index (χ3n) is 6.67. The highest BCUT2D eigenvalue weighted by Gasteiger charge is 2.34. The maximum Gasteiger partial charge on any atom is 0.252 e. The van der Waals surface area contributed by atoms with Gasteiger partial charge in [-0.2, -0.15) is 0 Å². The summed E-state index contributed by atoms with van der Waals surface area (Å²) in [5.74, 6) is -0.738. The van der Waals surface area contributed by atoms with E-state index in [2.05, 4.69) is 48.4 Å². The summed E-state index contributed by atoms with van der Waals surface area (Å²) in [5.41, 5.74) is 6.96. The largest absolute Gasteiger partial charge is 0.383 e. The van der Waals surface area contributed by atoms with Gasteiger partial charge in [-0.1, -0.05) is 48.0 Å². The lowest BCUT2D eigenvalue weighted by Gasteiger charge is -2.27. The molecule has 1 aromatic heterocycles. The summed E-state index contributed by atoms with van der Waals surface area (Å²) < 4.78 is 0. The van der Waals surface area contributed by atoms with E-state index in [-0.39, 0.29) is 30.8 Å². The molecule has 2 atom stereocenters. The van der Waals surface area contributed by atoms with Crippen molar-refractivity contribution in [2.75, 3.05) is 6.54 Å². The van der Waals surface area contributed by atoms with Crippen molar-refractivity contribution in [3.63, 3.8) is 0 Å². The first-order valence-corrected chi connectivity index (χ1v) is 13.0. The van der Waals surface area contributed by atoms with Crippen molar-refractivity contribution in [2.24, 2.45) is 0 Å². The SMILES string of the molecule is Cc1cccc(C2CCCN2C(=O)[C@H](O)CC(=O)NCc2nc(Cc3c(C)cccc3C)cs2)c1. The zero-order valence-corrected chi connectivity index (χ0v) is 21.4. The van der Waals surface area contributed by atoms with Gasteiger partial charge in [-0.3, -0.25) is 9.59 Å². The van der Waals surface area contributed by atoms with Crippen molar-refractivity contribution in [1.29, 1.82) is 0 Å². The van der Waals surface area contributed by atoms with Gasteiger partial charge in [0.1, 0.15) is 11.1 Å². The molecule has 1 unspecified atom stereocenters. The molecule has 1 aliphatic heterocycles. The van der Waals surface area contributed by atoms with E-state index in [1.807, 2.05) is 30.5 Å². The van der Waals surface area contributed by atoms with Crippen LogP contribution < -0.4 is 5.32 Å². The van der Waals surface area contributed by atoms with E-state index < -0.39 is 6.10 Å². The molecule has 6 nitrogen and oxygen atoms in total. The van der Waals surface area contributed by atoms with Gasteiger partial charge in [0.05, 0.1) is 24.7 Å². The van der Waals surface area contributed by atoms with Crippen LogP contribution in [-0.2, 0) is 22.6 Å². The molecule has 2 amide bonds. The Hall–Kier alpha value is -3.03. The van der Waals surface area contributed by atoms with Crippen molar-refractivity contribution in [3.05, 3.63) is 86.4 Å². The predicted octanol–water partition coefficient (Wildman–Crippen LogP) is 4.39. The van der Waals surface area contributed by atoms with Crippen LogP contribution in [0, 0.1) is 20.8 Å². The lowest BCUT2D eigenvalue weighted by atomic mass is 9.99. The first kappa shape index (κ1) is 25.1. The number of aromatic nitrogens is 1. The number of hydrogen-bond donors (Lipinski definition) is 2. The van der Waals surface area contributed by atoms with E-state index in [1.165, 1.54) is 28.0 Å². The Kier molecular flexibility index (Phi) is 7.98. The Morgan fingerprint density at radius 2 is 1.91 bits per heavy atom. The van der Waals surface area contributed by atoms with Crippen LogP contribution >= 0.6 is 11.3 Å².